The second-order valence-electron chi connectivity index (χ2n) is 6.07. The third kappa shape index (κ3) is 4.16. The van der Waals surface area contributed by atoms with E-state index in [4.69, 9.17) is 4.74 Å². The number of carbonyl (C=O) groups excluding carboxylic acids is 2. The molecule has 0 spiro atoms. The van der Waals surface area contributed by atoms with E-state index >= 15 is 0 Å². The van der Waals surface area contributed by atoms with Gasteiger partial charge in [-0.15, -0.1) is 0 Å². The van der Waals surface area contributed by atoms with E-state index in [-0.39, 0.29) is 24.6 Å². The summed E-state index contributed by atoms with van der Waals surface area (Å²) >= 11 is 0. The van der Waals surface area contributed by atoms with Gasteiger partial charge >= 0.3 is 5.97 Å². The van der Waals surface area contributed by atoms with E-state index in [2.05, 4.69) is 11.8 Å². The Bertz CT molecular complexity index is 855. The van der Waals surface area contributed by atoms with Crippen molar-refractivity contribution in [1.29, 1.82) is 0 Å². The van der Waals surface area contributed by atoms with E-state index in [1.807, 2.05) is 48.5 Å². The average molecular weight is 332 g/mol. The second kappa shape index (κ2) is 7.81. The van der Waals surface area contributed by atoms with Gasteiger partial charge in [0.1, 0.15) is 11.9 Å². The van der Waals surface area contributed by atoms with Crippen molar-refractivity contribution in [3.8, 4) is 11.8 Å². The van der Waals surface area contributed by atoms with E-state index in [0.29, 0.717) is 12.8 Å². The van der Waals surface area contributed by atoms with Crippen molar-refractivity contribution in [1.82, 2.24) is 0 Å². The Kier molecular flexibility index (Phi) is 5.30. The first-order valence-corrected chi connectivity index (χ1v) is 8.57. The Hall–Kier alpha value is -2.86. The largest absolute Gasteiger partial charge is 0.457 e. The Morgan fingerprint density at radius 2 is 1.68 bits per heavy atom. The summed E-state index contributed by atoms with van der Waals surface area (Å²) in [5.74, 6) is 6.13. The van der Waals surface area contributed by atoms with Gasteiger partial charge in [0, 0.05) is 36.0 Å². The van der Waals surface area contributed by atoms with Crippen LogP contribution in [-0.4, -0.2) is 11.8 Å². The molecule has 0 bridgehead atoms. The third-order valence-corrected chi connectivity index (χ3v) is 4.34. The van der Waals surface area contributed by atoms with Gasteiger partial charge in [-0.3, -0.25) is 9.59 Å². The summed E-state index contributed by atoms with van der Waals surface area (Å²) < 4.78 is 5.75. The molecule has 3 heteroatoms. The zero-order valence-corrected chi connectivity index (χ0v) is 14.2. The van der Waals surface area contributed by atoms with Crippen LogP contribution < -0.4 is 0 Å². The molecule has 126 valence electrons. The molecule has 0 saturated carbocycles. The molecule has 0 heterocycles. The van der Waals surface area contributed by atoms with Crippen molar-refractivity contribution in [2.45, 2.75) is 38.7 Å². The molecule has 25 heavy (non-hydrogen) atoms. The number of benzene rings is 2. The molecule has 0 aliphatic heterocycles. The number of hydrogen-bond acceptors (Lipinski definition) is 3. The predicted octanol–water partition coefficient (Wildman–Crippen LogP) is 3.99. The Morgan fingerprint density at radius 1 is 1.00 bits per heavy atom. The van der Waals surface area contributed by atoms with Crippen molar-refractivity contribution in [2.24, 2.45) is 0 Å². The lowest BCUT2D eigenvalue weighted by molar-refractivity contribution is -0.150. The fourth-order valence-electron chi connectivity index (χ4n) is 2.90. The summed E-state index contributed by atoms with van der Waals surface area (Å²) in [7, 11) is 0. The highest BCUT2D eigenvalue weighted by molar-refractivity contribution is 5.82. The van der Waals surface area contributed by atoms with Gasteiger partial charge in [-0.2, -0.15) is 0 Å². The SMILES string of the molecule is CCC(=O)CCC(=O)OC1Cc2ccccc2C#Cc2ccccc21. The predicted molar refractivity (Wildman–Crippen MR) is 95.9 cm³/mol. The van der Waals surface area contributed by atoms with Crippen molar-refractivity contribution in [3.05, 3.63) is 70.8 Å². The molecule has 3 nitrogen and oxygen atoms in total. The minimum atomic E-state index is -0.392. The molecule has 0 amide bonds. The summed E-state index contributed by atoms with van der Waals surface area (Å²) in [6.45, 7) is 1.80. The lowest BCUT2D eigenvalue weighted by atomic mass is 9.92. The Morgan fingerprint density at radius 3 is 2.48 bits per heavy atom. The molecule has 2 aromatic rings. The van der Waals surface area contributed by atoms with Crippen molar-refractivity contribution in [3.63, 3.8) is 0 Å². The molecule has 0 N–H and O–H groups in total. The molecule has 1 aliphatic carbocycles. The number of rotatable bonds is 5. The highest BCUT2D eigenvalue weighted by atomic mass is 16.5. The van der Waals surface area contributed by atoms with E-state index in [9.17, 15) is 9.59 Å². The fourth-order valence-corrected chi connectivity index (χ4v) is 2.90. The lowest BCUT2D eigenvalue weighted by Gasteiger charge is -2.21. The first kappa shape index (κ1) is 17.0. The van der Waals surface area contributed by atoms with Gasteiger partial charge in [-0.25, -0.2) is 0 Å². The molecule has 0 fully saturated rings. The van der Waals surface area contributed by atoms with Crippen LogP contribution in [0.15, 0.2) is 48.5 Å². The summed E-state index contributed by atoms with van der Waals surface area (Å²) in [5.41, 5.74) is 3.81. The third-order valence-electron chi connectivity index (χ3n) is 4.34. The van der Waals surface area contributed by atoms with Gasteiger partial charge in [-0.1, -0.05) is 55.2 Å². The number of ketones is 1. The first-order valence-electron chi connectivity index (χ1n) is 8.57. The molecule has 1 aliphatic rings. The highest BCUT2D eigenvalue weighted by Gasteiger charge is 2.22. The highest BCUT2D eigenvalue weighted by Crippen LogP contribution is 2.28. The number of fused-ring (bicyclic) bond motifs is 2. The van der Waals surface area contributed by atoms with Gasteiger partial charge in [0.25, 0.3) is 0 Å². The summed E-state index contributed by atoms with van der Waals surface area (Å²) in [6, 6.07) is 15.7. The van der Waals surface area contributed by atoms with Crippen LogP contribution in [0.25, 0.3) is 0 Å². The monoisotopic (exact) mass is 332 g/mol. The van der Waals surface area contributed by atoms with Crippen LogP contribution in [0.4, 0.5) is 0 Å². The van der Waals surface area contributed by atoms with Crippen molar-refractivity contribution in [2.75, 3.05) is 0 Å². The first-order chi connectivity index (χ1) is 12.2. The zero-order chi connectivity index (χ0) is 17.6. The molecule has 0 aromatic heterocycles. The summed E-state index contributed by atoms with van der Waals surface area (Å²) in [5, 5.41) is 0. The van der Waals surface area contributed by atoms with E-state index in [1.54, 1.807) is 6.92 Å². The molecule has 0 saturated heterocycles. The van der Waals surface area contributed by atoms with E-state index in [1.165, 1.54) is 0 Å². The van der Waals surface area contributed by atoms with Crippen LogP contribution in [0.3, 0.4) is 0 Å². The van der Waals surface area contributed by atoms with Crippen LogP contribution in [-0.2, 0) is 20.7 Å². The minimum absolute atomic E-state index is 0.0752. The van der Waals surface area contributed by atoms with Crippen molar-refractivity contribution >= 4 is 11.8 Å². The molecule has 1 unspecified atom stereocenters. The smallest absolute Gasteiger partial charge is 0.306 e. The lowest BCUT2D eigenvalue weighted by Crippen LogP contribution is -2.17. The standard InChI is InChI=1S/C22H20O3/c1-2-19(23)13-14-22(24)25-21-15-18-9-4-3-7-16(18)11-12-17-8-5-6-10-20(17)21/h3-10,21H,2,13-15H2,1H3. The van der Waals surface area contributed by atoms with Crippen LogP contribution in [0.2, 0.25) is 0 Å². The maximum absolute atomic E-state index is 12.2. The Balaban J connectivity index is 1.87. The summed E-state index contributed by atoms with van der Waals surface area (Å²) in [4.78, 5) is 23.7. The second-order valence-corrected chi connectivity index (χ2v) is 6.07. The van der Waals surface area contributed by atoms with Crippen LogP contribution >= 0.6 is 0 Å². The molecular weight excluding hydrogens is 312 g/mol. The number of ether oxygens (including phenoxy) is 1. The minimum Gasteiger partial charge on any atom is -0.457 e. The number of carbonyl (C=O) groups is 2. The molecular formula is C22H20O3. The molecule has 3 rings (SSSR count). The topological polar surface area (TPSA) is 43.4 Å². The van der Waals surface area contributed by atoms with Gasteiger partial charge in [0.2, 0.25) is 0 Å². The van der Waals surface area contributed by atoms with Gasteiger partial charge in [-0.05, 0) is 17.7 Å². The van der Waals surface area contributed by atoms with Crippen LogP contribution in [0.1, 0.15) is 54.5 Å². The maximum atomic E-state index is 12.2. The van der Waals surface area contributed by atoms with E-state index in [0.717, 1.165) is 22.3 Å². The quantitative estimate of drug-likeness (QED) is 0.614. The molecule has 0 radical (unpaired) electrons. The average Bonchev–Trinajstić information content (AvgIpc) is 2.63. The van der Waals surface area contributed by atoms with Gasteiger partial charge in [0.15, 0.2) is 0 Å². The zero-order valence-electron chi connectivity index (χ0n) is 14.2. The maximum Gasteiger partial charge on any atom is 0.306 e. The van der Waals surface area contributed by atoms with Crippen LogP contribution in [0.5, 0.6) is 0 Å². The van der Waals surface area contributed by atoms with Gasteiger partial charge < -0.3 is 4.74 Å². The number of Topliss-reactive ketones (excluding diaryl/α,β-unsaturated/α-hetero) is 1. The van der Waals surface area contributed by atoms with Crippen molar-refractivity contribution < 1.29 is 14.3 Å². The number of hydrogen-bond donors (Lipinski definition) is 0. The van der Waals surface area contributed by atoms with Gasteiger partial charge in [0.05, 0.1) is 6.42 Å². The molecule has 2 aromatic carbocycles. The van der Waals surface area contributed by atoms with E-state index < -0.39 is 6.10 Å². The fraction of sp³-hybridized carbons (Fsp3) is 0.273. The Labute approximate surface area is 148 Å². The summed E-state index contributed by atoms with van der Waals surface area (Å²) in [6.07, 6.45) is 0.993. The van der Waals surface area contributed by atoms with Crippen LogP contribution in [0, 0.1) is 11.8 Å². The normalized spacial score (nSPS) is 14.8. The molecule has 1 atom stereocenters. The number of esters is 1.